The molecule has 6 nitrogen and oxygen atoms in total. The van der Waals surface area contributed by atoms with Crippen LogP contribution in [0.25, 0.3) is 0 Å². The van der Waals surface area contributed by atoms with Gasteiger partial charge in [0.15, 0.2) is 17.3 Å². The molecule has 7 heteroatoms. The number of amides is 1. The van der Waals surface area contributed by atoms with Crippen LogP contribution in [0.2, 0.25) is 0 Å². The van der Waals surface area contributed by atoms with E-state index in [0.29, 0.717) is 31.8 Å². The molecule has 1 aromatic heterocycles. The van der Waals surface area contributed by atoms with E-state index in [1.807, 2.05) is 0 Å². The molecule has 0 aliphatic carbocycles. The van der Waals surface area contributed by atoms with Gasteiger partial charge >= 0.3 is 0 Å². The molecular weight excluding hydrogens is 337 g/mol. The molecule has 2 fully saturated rings. The largest absolute Gasteiger partial charge is 0.485 e. The van der Waals surface area contributed by atoms with E-state index in [4.69, 9.17) is 9.47 Å². The van der Waals surface area contributed by atoms with Crippen LogP contribution in [-0.2, 0) is 4.74 Å². The van der Waals surface area contributed by atoms with Crippen molar-refractivity contribution in [2.75, 3.05) is 19.7 Å². The molecule has 3 heterocycles. The first kappa shape index (κ1) is 16.9. The summed E-state index contributed by atoms with van der Waals surface area (Å²) < 4.78 is 25.6. The van der Waals surface area contributed by atoms with E-state index in [2.05, 4.69) is 10.2 Å². The number of likely N-dealkylation sites (tertiary alicyclic amines) is 1. The lowest BCUT2D eigenvalue weighted by Crippen LogP contribution is -2.50. The van der Waals surface area contributed by atoms with E-state index < -0.39 is 5.60 Å². The normalized spacial score (nSPS) is 25.4. The van der Waals surface area contributed by atoms with Crippen LogP contribution in [-0.4, -0.2) is 52.4 Å². The van der Waals surface area contributed by atoms with Crippen molar-refractivity contribution in [2.45, 2.75) is 31.0 Å². The SMILES string of the molecule is O=C(c1cccnn1)N1CCC[C@@]2(C[C@@H](Oc3ccccc3F)CO2)C1. The third-order valence-corrected chi connectivity index (χ3v) is 4.92. The Kier molecular flexibility index (Phi) is 4.55. The number of nitrogens with zero attached hydrogens (tertiary/aromatic N) is 3. The zero-order valence-corrected chi connectivity index (χ0v) is 14.3. The number of carbonyl (C=O) groups is 1. The van der Waals surface area contributed by atoms with E-state index in [1.54, 1.807) is 41.4 Å². The van der Waals surface area contributed by atoms with Gasteiger partial charge in [0.2, 0.25) is 0 Å². The quantitative estimate of drug-likeness (QED) is 0.844. The molecule has 136 valence electrons. The Balaban J connectivity index is 1.43. The molecule has 2 aliphatic heterocycles. The third-order valence-electron chi connectivity index (χ3n) is 4.92. The van der Waals surface area contributed by atoms with Crippen molar-refractivity contribution >= 4 is 5.91 Å². The first-order valence-corrected chi connectivity index (χ1v) is 8.77. The summed E-state index contributed by atoms with van der Waals surface area (Å²) in [5.74, 6) is -0.280. The summed E-state index contributed by atoms with van der Waals surface area (Å²) >= 11 is 0. The van der Waals surface area contributed by atoms with Crippen LogP contribution in [0.15, 0.2) is 42.6 Å². The molecule has 2 aliphatic rings. The topological polar surface area (TPSA) is 64.6 Å². The molecule has 0 bridgehead atoms. The maximum atomic E-state index is 13.8. The molecule has 4 rings (SSSR count). The molecule has 1 aromatic carbocycles. The Hall–Kier alpha value is -2.54. The summed E-state index contributed by atoms with van der Waals surface area (Å²) in [7, 11) is 0. The average molecular weight is 357 g/mol. The van der Waals surface area contributed by atoms with E-state index in [0.717, 1.165) is 12.8 Å². The Labute approximate surface area is 150 Å². The van der Waals surface area contributed by atoms with Gasteiger partial charge < -0.3 is 14.4 Å². The second kappa shape index (κ2) is 6.99. The highest BCUT2D eigenvalue weighted by molar-refractivity contribution is 5.92. The van der Waals surface area contributed by atoms with E-state index in [1.165, 1.54) is 6.07 Å². The van der Waals surface area contributed by atoms with Crippen molar-refractivity contribution in [1.82, 2.24) is 15.1 Å². The van der Waals surface area contributed by atoms with E-state index >= 15 is 0 Å². The van der Waals surface area contributed by atoms with Crippen LogP contribution in [0.5, 0.6) is 5.75 Å². The fourth-order valence-corrected chi connectivity index (χ4v) is 3.73. The first-order valence-electron chi connectivity index (χ1n) is 8.77. The van der Waals surface area contributed by atoms with E-state index in [9.17, 15) is 9.18 Å². The van der Waals surface area contributed by atoms with Crippen molar-refractivity contribution < 1.29 is 18.7 Å². The fourth-order valence-electron chi connectivity index (χ4n) is 3.73. The minimum absolute atomic E-state index is 0.140. The van der Waals surface area contributed by atoms with Gasteiger partial charge in [-0.15, -0.1) is 5.10 Å². The highest BCUT2D eigenvalue weighted by atomic mass is 19.1. The number of hydrogen-bond acceptors (Lipinski definition) is 5. The number of para-hydroxylation sites is 1. The molecule has 26 heavy (non-hydrogen) atoms. The van der Waals surface area contributed by atoms with Gasteiger partial charge in [0.25, 0.3) is 5.91 Å². The molecule has 2 saturated heterocycles. The summed E-state index contributed by atoms with van der Waals surface area (Å²) in [5.41, 5.74) is -0.104. The van der Waals surface area contributed by atoms with Gasteiger partial charge in [0, 0.05) is 19.2 Å². The van der Waals surface area contributed by atoms with Crippen molar-refractivity contribution in [1.29, 1.82) is 0 Å². The van der Waals surface area contributed by atoms with Crippen LogP contribution in [0, 0.1) is 5.82 Å². The minimum atomic E-state index is -0.438. The Bertz CT molecular complexity index is 789. The number of benzene rings is 1. The van der Waals surface area contributed by atoms with Gasteiger partial charge in [-0.25, -0.2) is 4.39 Å². The van der Waals surface area contributed by atoms with E-state index in [-0.39, 0.29) is 23.6 Å². The summed E-state index contributed by atoms with van der Waals surface area (Å²) in [6.45, 7) is 1.54. The van der Waals surface area contributed by atoms with Crippen molar-refractivity contribution in [3.8, 4) is 5.75 Å². The number of halogens is 1. The van der Waals surface area contributed by atoms with Crippen molar-refractivity contribution in [3.63, 3.8) is 0 Å². The number of ether oxygens (including phenoxy) is 2. The maximum absolute atomic E-state index is 13.8. The number of rotatable bonds is 3. The molecule has 2 aromatic rings. The number of aromatic nitrogens is 2. The van der Waals surface area contributed by atoms with Gasteiger partial charge in [-0.3, -0.25) is 4.79 Å². The standard InChI is InChI=1S/C19H20FN3O3/c20-15-5-1-2-7-17(15)26-14-11-19(25-12-14)8-4-10-23(13-19)18(24)16-6-3-9-21-22-16/h1-3,5-7,9,14H,4,8,10-13H2/t14-,19-/m1/s1. The highest BCUT2D eigenvalue weighted by Crippen LogP contribution is 2.36. The molecule has 2 atom stereocenters. The second-order valence-corrected chi connectivity index (χ2v) is 6.81. The van der Waals surface area contributed by atoms with Crippen LogP contribution >= 0.6 is 0 Å². The first-order chi connectivity index (χ1) is 12.7. The van der Waals surface area contributed by atoms with Crippen LogP contribution in [0.3, 0.4) is 0 Å². The average Bonchev–Trinajstić information content (AvgIpc) is 3.05. The Morgan fingerprint density at radius 1 is 1.31 bits per heavy atom. The van der Waals surface area contributed by atoms with Gasteiger partial charge in [0.1, 0.15) is 6.10 Å². The van der Waals surface area contributed by atoms with Gasteiger partial charge in [-0.05, 0) is 37.1 Å². The number of piperidine rings is 1. The minimum Gasteiger partial charge on any atom is -0.485 e. The Morgan fingerprint density at radius 3 is 3.00 bits per heavy atom. The zero-order chi connectivity index (χ0) is 18.0. The second-order valence-electron chi connectivity index (χ2n) is 6.81. The molecule has 0 radical (unpaired) electrons. The molecule has 0 unspecified atom stereocenters. The predicted molar refractivity (Wildman–Crippen MR) is 91.3 cm³/mol. The summed E-state index contributed by atoms with van der Waals surface area (Å²) in [4.78, 5) is 14.4. The smallest absolute Gasteiger partial charge is 0.274 e. The third kappa shape index (κ3) is 3.39. The van der Waals surface area contributed by atoms with Gasteiger partial charge in [-0.1, -0.05) is 12.1 Å². The lowest BCUT2D eigenvalue weighted by atomic mass is 9.89. The fraction of sp³-hybridized carbons (Fsp3) is 0.421. The summed E-state index contributed by atoms with van der Waals surface area (Å²) in [6.07, 6.45) is 3.65. The summed E-state index contributed by atoms with van der Waals surface area (Å²) in [6, 6.07) is 9.73. The monoisotopic (exact) mass is 357 g/mol. The van der Waals surface area contributed by atoms with Crippen molar-refractivity contribution in [2.24, 2.45) is 0 Å². The van der Waals surface area contributed by atoms with Gasteiger partial charge in [0.05, 0.1) is 18.8 Å². The highest BCUT2D eigenvalue weighted by Gasteiger charge is 2.45. The molecule has 0 N–H and O–H groups in total. The van der Waals surface area contributed by atoms with Crippen molar-refractivity contribution in [3.05, 3.63) is 54.1 Å². The molecular formula is C19H20FN3O3. The van der Waals surface area contributed by atoms with Crippen LogP contribution in [0.1, 0.15) is 29.8 Å². The molecule has 1 spiro atoms. The Morgan fingerprint density at radius 2 is 2.19 bits per heavy atom. The zero-order valence-electron chi connectivity index (χ0n) is 14.3. The lowest BCUT2D eigenvalue weighted by molar-refractivity contribution is -0.0454. The number of hydrogen-bond donors (Lipinski definition) is 0. The maximum Gasteiger partial charge on any atom is 0.274 e. The van der Waals surface area contributed by atoms with Crippen LogP contribution < -0.4 is 4.74 Å². The predicted octanol–water partition coefficient (Wildman–Crippen LogP) is 2.46. The van der Waals surface area contributed by atoms with Gasteiger partial charge in [-0.2, -0.15) is 5.10 Å². The molecule has 0 saturated carbocycles. The number of carbonyl (C=O) groups excluding carboxylic acids is 1. The molecule has 1 amide bonds. The van der Waals surface area contributed by atoms with Crippen LogP contribution in [0.4, 0.5) is 4.39 Å². The summed E-state index contributed by atoms with van der Waals surface area (Å²) in [5, 5.41) is 7.67. The lowest BCUT2D eigenvalue weighted by Gasteiger charge is -2.39.